The minimum absolute atomic E-state index is 0.132. The maximum atomic E-state index is 14.5. The largest absolute Gasteiger partial charge is 0.494 e. The van der Waals surface area contributed by atoms with Crippen LogP contribution >= 0.6 is 0 Å². The van der Waals surface area contributed by atoms with E-state index in [-0.39, 0.29) is 29.1 Å². The average Bonchev–Trinajstić information content (AvgIpc) is 3.27. The number of benzene rings is 4. The smallest absolute Gasteiger partial charge is 0.294 e. The highest BCUT2D eigenvalue weighted by Gasteiger charge is 2.68. The van der Waals surface area contributed by atoms with Gasteiger partial charge in [-0.05, 0) is 59.5 Å². The van der Waals surface area contributed by atoms with Crippen LogP contribution in [0.5, 0.6) is 5.75 Å². The lowest BCUT2D eigenvalue weighted by molar-refractivity contribution is -0.384. The maximum absolute atomic E-state index is 14.5. The van der Waals surface area contributed by atoms with Gasteiger partial charge in [0, 0.05) is 18.2 Å². The van der Waals surface area contributed by atoms with Gasteiger partial charge in [-0.1, -0.05) is 60.7 Å². The number of rotatable bonds is 6. The summed E-state index contributed by atoms with van der Waals surface area (Å²) in [5.41, 5.74) is 3.15. The molecule has 4 aliphatic rings. The van der Waals surface area contributed by atoms with Gasteiger partial charge in [0.15, 0.2) is 0 Å². The van der Waals surface area contributed by atoms with Crippen molar-refractivity contribution in [3.8, 4) is 5.75 Å². The molecular weight excluding hydrogens is 518 g/mol. The Labute approximate surface area is 236 Å². The summed E-state index contributed by atoms with van der Waals surface area (Å²) in [7, 11) is 0. The number of amides is 2. The maximum Gasteiger partial charge on any atom is 0.294 e. The average molecular weight is 544 g/mol. The van der Waals surface area contributed by atoms with E-state index >= 15 is 0 Å². The standard InChI is InChI=1S/C33H25N3O5/c1-2-41-21-17-15-20(16-18-21)35-31(37)29-28-22-9-3-5-11-24(22)33(30(29)32(35)38,25-12-6-4-10-23(25)28)19-34-26-13-7-8-14-27(26)36(39)40/h3-19,28-30H,2H2,1H3/t28?,29-,30+,33?/m1/s1. The number of aliphatic imine (C=N–C) groups is 1. The molecule has 2 amide bonds. The highest BCUT2D eigenvalue weighted by Crippen LogP contribution is 2.63. The van der Waals surface area contributed by atoms with Crippen LogP contribution in [-0.4, -0.2) is 29.6 Å². The van der Waals surface area contributed by atoms with Crippen LogP contribution in [0.15, 0.2) is 102 Å². The molecule has 4 aromatic rings. The number of para-hydroxylation sites is 2. The van der Waals surface area contributed by atoms with Crippen molar-refractivity contribution in [2.45, 2.75) is 18.3 Å². The normalized spacial score (nSPS) is 23.8. The molecule has 1 aliphatic heterocycles. The summed E-state index contributed by atoms with van der Waals surface area (Å²) in [6, 6.07) is 29.0. The van der Waals surface area contributed by atoms with Gasteiger partial charge in [-0.2, -0.15) is 0 Å². The first-order chi connectivity index (χ1) is 20.0. The minimum atomic E-state index is -1.11. The Kier molecular flexibility index (Phi) is 5.61. The number of nitrogens with zero attached hydrogens (tertiary/aromatic N) is 3. The molecule has 0 unspecified atom stereocenters. The molecule has 41 heavy (non-hydrogen) atoms. The number of anilines is 1. The van der Waals surface area contributed by atoms with Crippen molar-refractivity contribution in [3.05, 3.63) is 129 Å². The molecule has 0 aromatic heterocycles. The van der Waals surface area contributed by atoms with Crippen molar-refractivity contribution < 1.29 is 19.2 Å². The topological polar surface area (TPSA) is 102 Å². The third kappa shape index (κ3) is 3.43. The lowest BCUT2D eigenvalue weighted by Crippen LogP contribution is -2.54. The van der Waals surface area contributed by atoms with E-state index in [1.54, 1.807) is 48.7 Å². The van der Waals surface area contributed by atoms with Crippen molar-refractivity contribution >= 4 is 35.1 Å². The van der Waals surface area contributed by atoms with Gasteiger partial charge in [0.2, 0.25) is 11.8 Å². The molecule has 0 N–H and O–H groups in total. The lowest BCUT2D eigenvalue weighted by atomic mass is 9.47. The third-order valence-corrected chi connectivity index (χ3v) is 8.58. The van der Waals surface area contributed by atoms with E-state index in [1.165, 1.54) is 11.0 Å². The van der Waals surface area contributed by atoms with Gasteiger partial charge in [0.1, 0.15) is 11.4 Å². The van der Waals surface area contributed by atoms with Crippen molar-refractivity contribution in [1.82, 2.24) is 0 Å². The van der Waals surface area contributed by atoms with Crippen LogP contribution in [0.2, 0.25) is 0 Å². The Hall–Kier alpha value is -5.11. The fourth-order valence-electron chi connectivity index (χ4n) is 7.06. The summed E-state index contributed by atoms with van der Waals surface area (Å²) in [5, 5.41) is 11.8. The molecule has 202 valence electrons. The predicted molar refractivity (Wildman–Crippen MR) is 154 cm³/mol. The summed E-state index contributed by atoms with van der Waals surface area (Å²) in [6.07, 6.45) is 1.67. The molecular formula is C33H25N3O5. The summed E-state index contributed by atoms with van der Waals surface area (Å²) in [6.45, 7) is 2.40. The van der Waals surface area contributed by atoms with Gasteiger partial charge >= 0.3 is 0 Å². The molecule has 1 heterocycles. The number of imide groups is 1. The van der Waals surface area contributed by atoms with E-state index in [0.717, 1.165) is 22.3 Å². The van der Waals surface area contributed by atoms with Crippen molar-refractivity contribution in [2.24, 2.45) is 16.8 Å². The van der Waals surface area contributed by atoms with E-state index in [0.29, 0.717) is 18.0 Å². The van der Waals surface area contributed by atoms with Crippen LogP contribution in [0.25, 0.3) is 0 Å². The van der Waals surface area contributed by atoms with E-state index < -0.39 is 22.2 Å². The first-order valence-corrected chi connectivity index (χ1v) is 13.6. The van der Waals surface area contributed by atoms with E-state index in [2.05, 4.69) is 0 Å². The Morgan fingerprint density at radius 2 is 1.49 bits per heavy atom. The minimum Gasteiger partial charge on any atom is -0.494 e. The number of hydrogen-bond donors (Lipinski definition) is 0. The molecule has 0 saturated carbocycles. The number of nitro benzene ring substituents is 1. The molecule has 4 aromatic carbocycles. The molecule has 1 saturated heterocycles. The Balaban J connectivity index is 1.46. The Morgan fingerprint density at radius 1 is 0.878 bits per heavy atom. The highest BCUT2D eigenvalue weighted by atomic mass is 16.6. The zero-order chi connectivity index (χ0) is 28.3. The van der Waals surface area contributed by atoms with Gasteiger partial charge in [-0.25, -0.2) is 4.90 Å². The van der Waals surface area contributed by atoms with E-state index in [1.807, 2.05) is 55.5 Å². The zero-order valence-electron chi connectivity index (χ0n) is 22.1. The van der Waals surface area contributed by atoms with Gasteiger partial charge in [0.05, 0.1) is 34.5 Å². The predicted octanol–water partition coefficient (Wildman–Crippen LogP) is 5.95. The summed E-state index contributed by atoms with van der Waals surface area (Å²) < 4.78 is 5.56. The first-order valence-electron chi connectivity index (χ1n) is 13.6. The molecule has 1 fully saturated rings. The van der Waals surface area contributed by atoms with Crippen molar-refractivity contribution in [2.75, 3.05) is 11.5 Å². The molecule has 3 aliphatic carbocycles. The molecule has 0 radical (unpaired) electrons. The second kappa shape index (κ2) is 9.23. The van der Waals surface area contributed by atoms with Gasteiger partial charge in [-0.15, -0.1) is 0 Å². The third-order valence-electron chi connectivity index (χ3n) is 8.58. The van der Waals surface area contributed by atoms with Crippen LogP contribution in [0.3, 0.4) is 0 Å². The molecule has 8 nitrogen and oxygen atoms in total. The van der Waals surface area contributed by atoms with Crippen molar-refractivity contribution in [3.63, 3.8) is 0 Å². The van der Waals surface area contributed by atoms with Gasteiger partial charge in [0.25, 0.3) is 5.69 Å². The van der Waals surface area contributed by atoms with Crippen LogP contribution in [0.1, 0.15) is 35.1 Å². The summed E-state index contributed by atoms with van der Waals surface area (Å²) in [5.74, 6) is -1.66. The van der Waals surface area contributed by atoms with E-state index in [4.69, 9.17) is 9.73 Å². The molecule has 8 rings (SSSR count). The summed E-state index contributed by atoms with van der Waals surface area (Å²) in [4.78, 5) is 46.1. The van der Waals surface area contributed by atoms with Crippen LogP contribution in [0.4, 0.5) is 17.1 Å². The number of carbonyl (C=O) groups is 2. The second-order valence-corrected chi connectivity index (χ2v) is 10.5. The first kappa shape index (κ1) is 24.9. The second-order valence-electron chi connectivity index (χ2n) is 10.5. The Bertz CT molecular complexity index is 1720. The molecule has 8 heteroatoms. The van der Waals surface area contributed by atoms with Crippen molar-refractivity contribution in [1.29, 1.82) is 0 Å². The highest BCUT2D eigenvalue weighted by molar-refractivity contribution is 6.25. The molecule has 0 spiro atoms. The van der Waals surface area contributed by atoms with Crippen LogP contribution in [0, 0.1) is 22.0 Å². The zero-order valence-corrected chi connectivity index (χ0v) is 22.1. The van der Waals surface area contributed by atoms with Gasteiger partial charge in [-0.3, -0.25) is 24.7 Å². The quantitative estimate of drug-likeness (QED) is 0.130. The SMILES string of the molecule is CCOc1ccc(N2C(=O)[C@@H]3C4c5ccccc5C(C=Nc5ccccc5[N+](=O)[O-])(c5ccccc54)[C@@H]3C2=O)cc1. The summed E-state index contributed by atoms with van der Waals surface area (Å²) >= 11 is 0. The number of ether oxygens (including phenoxy) is 1. The number of nitro groups is 1. The lowest BCUT2D eigenvalue weighted by Gasteiger charge is -2.52. The van der Waals surface area contributed by atoms with Gasteiger partial charge < -0.3 is 4.74 Å². The number of carbonyl (C=O) groups excluding carboxylic acids is 2. The Morgan fingerprint density at radius 3 is 2.12 bits per heavy atom. The monoisotopic (exact) mass is 543 g/mol. The van der Waals surface area contributed by atoms with Crippen LogP contribution < -0.4 is 9.64 Å². The fraction of sp³-hybridized carbons (Fsp3) is 0.182. The van der Waals surface area contributed by atoms with Crippen LogP contribution in [-0.2, 0) is 15.0 Å². The molecule has 2 atom stereocenters. The fourth-order valence-corrected chi connectivity index (χ4v) is 7.06. The number of hydrogen-bond acceptors (Lipinski definition) is 6. The molecule has 2 bridgehead atoms. The van der Waals surface area contributed by atoms with E-state index in [9.17, 15) is 19.7 Å².